The van der Waals surface area contributed by atoms with E-state index in [1.165, 1.54) is 10.9 Å². The van der Waals surface area contributed by atoms with Crippen LogP contribution in [0.2, 0.25) is 0 Å². The molecule has 6 heteroatoms. The van der Waals surface area contributed by atoms with Crippen LogP contribution >= 0.6 is 11.3 Å². The van der Waals surface area contributed by atoms with Crippen LogP contribution in [-0.4, -0.2) is 28.9 Å². The Hall–Kier alpha value is -2.57. The first-order valence-electron chi connectivity index (χ1n) is 10.9. The lowest BCUT2D eigenvalue weighted by Gasteiger charge is -2.32. The van der Waals surface area contributed by atoms with Crippen molar-refractivity contribution in [3.8, 4) is 10.6 Å². The van der Waals surface area contributed by atoms with Crippen molar-refractivity contribution >= 4 is 17.2 Å². The van der Waals surface area contributed by atoms with Crippen molar-refractivity contribution in [2.45, 2.75) is 38.8 Å². The Morgan fingerprint density at radius 1 is 1.16 bits per heavy atom. The Morgan fingerprint density at radius 2 is 1.97 bits per heavy atom. The van der Waals surface area contributed by atoms with E-state index in [1.807, 2.05) is 24.4 Å². The lowest BCUT2D eigenvalue weighted by Crippen LogP contribution is -2.35. The fourth-order valence-corrected chi connectivity index (χ4v) is 5.07. The average molecular weight is 438 g/mol. The van der Waals surface area contributed by atoms with Gasteiger partial charge in [0, 0.05) is 48.3 Å². The van der Waals surface area contributed by atoms with E-state index in [0.29, 0.717) is 17.9 Å². The van der Waals surface area contributed by atoms with Gasteiger partial charge in [0.1, 0.15) is 10.8 Å². The second kappa shape index (κ2) is 10.6. The van der Waals surface area contributed by atoms with Crippen LogP contribution in [0.15, 0.2) is 60.8 Å². The zero-order valence-electron chi connectivity index (χ0n) is 17.6. The highest BCUT2D eigenvalue weighted by atomic mass is 32.1. The van der Waals surface area contributed by atoms with Gasteiger partial charge in [0.2, 0.25) is 5.91 Å². The number of hydrogen-bond donors (Lipinski definition) is 1. The summed E-state index contributed by atoms with van der Waals surface area (Å²) >= 11 is 1.76. The SMILES string of the molecule is O=C(CCC1CCCN(Cc2cnc(-c3ccccc3)s2)C1)NCc1ccccc1F. The van der Waals surface area contributed by atoms with Gasteiger partial charge in [-0.3, -0.25) is 9.69 Å². The number of amides is 1. The Kier molecular flexibility index (Phi) is 7.43. The molecule has 1 aliphatic rings. The molecular weight excluding hydrogens is 409 g/mol. The van der Waals surface area contributed by atoms with Gasteiger partial charge in [0.25, 0.3) is 0 Å². The molecule has 3 aromatic rings. The summed E-state index contributed by atoms with van der Waals surface area (Å²) in [6.45, 7) is 3.27. The molecule has 31 heavy (non-hydrogen) atoms. The molecule has 1 N–H and O–H groups in total. The third-order valence-corrected chi connectivity index (χ3v) is 6.80. The van der Waals surface area contributed by atoms with E-state index in [9.17, 15) is 9.18 Å². The standard InChI is InChI=1S/C25H28FN3OS/c26-23-11-5-4-10-21(23)15-27-24(30)13-12-19-7-6-14-29(17-19)18-22-16-28-25(31-22)20-8-2-1-3-9-20/h1-5,8-11,16,19H,6-7,12-15,17-18H2,(H,27,30). The molecule has 1 unspecified atom stereocenters. The van der Waals surface area contributed by atoms with Crippen LogP contribution in [0, 0.1) is 11.7 Å². The van der Waals surface area contributed by atoms with Gasteiger partial charge in [-0.15, -0.1) is 11.3 Å². The predicted octanol–water partition coefficient (Wildman–Crippen LogP) is 5.26. The summed E-state index contributed by atoms with van der Waals surface area (Å²) in [4.78, 5) is 20.6. The van der Waals surface area contributed by atoms with E-state index in [1.54, 1.807) is 29.5 Å². The van der Waals surface area contributed by atoms with Crippen molar-refractivity contribution in [2.75, 3.05) is 13.1 Å². The third kappa shape index (κ3) is 6.21. The number of likely N-dealkylation sites (tertiary alicyclic amines) is 1. The summed E-state index contributed by atoms with van der Waals surface area (Å²) < 4.78 is 13.7. The number of benzene rings is 2. The molecule has 2 heterocycles. The number of thiazole rings is 1. The monoisotopic (exact) mass is 437 g/mol. The molecule has 0 bridgehead atoms. The molecule has 0 aliphatic carbocycles. The Morgan fingerprint density at radius 3 is 2.81 bits per heavy atom. The number of piperidine rings is 1. The van der Waals surface area contributed by atoms with Crippen molar-refractivity contribution in [3.63, 3.8) is 0 Å². The van der Waals surface area contributed by atoms with E-state index in [4.69, 9.17) is 0 Å². The molecule has 0 spiro atoms. The summed E-state index contributed by atoms with van der Waals surface area (Å²) in [6, 6.07) is 16.9. The summed E-state index contributed by atoms with van der Waals surface area (Å²) in [5.41, 5.74) is 1.69. The number of nitrogens with zero attached hydrogens (tertiary/aromatic N) is 2. The number of aromatic nitrogens is 1. The molecule has 2 aromatic carbocycles. The van der Waals surface area contributed by atoms with E-state index < -0.39 is 0 Å². The number of carbonyl (C=O) groups excluding carboxylic acids is 1. The molecule has 1 amide bonds. The fraction of sp³-hybridized carbons (Fsp3) is 0.360. The van der Waals surface area contributed by atoms with E-state index >= 15 is 0 Å². The third-order valence-electron chi connectivity index (χ3n) is 5.77. The van der Waals surface area contributed by atoms with Gasteiger partial charge in [-0.05, 0) is 37.8 Å². The van der Waals surface area contributed by atoms with Crippen LogP contribution in [0.5, 0.6) is 0 Å². The van der Waals surface area contributed by atoms with Gasteiger partial charge in [-0.1, -0.05) is 48.5 Å². The van der Waals surface area contributed by atoms with Gasteiger partial charge >= 0.3 is 0 Å². The Balaban J connectivity index is 1.22. The van der Waals surface area contributed by atoms with Gasteiger partial charge in [0.05, 0.1) is 0 Å². The van der Waals surface area contributed by atoms with E-state index in [2.05, 4.69) is 27.3 Å². The maximum atomic E-state index is 13.7. The quantitative estimate of drug-likeness (QED) is 0.523. The molecule has 1 aliphatic heterocycles. The highest BCUT2D eigenvalue weighted by Gasteiger charge is 2.21. The second-order valence-electron chi connectivity index (χ2n) is 8.15. The zero-order valence-corrected chi connectivity index (χ0v) is 18.4. The van der Waals surface area contributed by atoms with Crippen molar-refractivity contribution < 1.29 is 9.18 Å². The van der Waals surface area contributed by atoms with Crippen LogP contribution in [0.1, 0.15) is 36.1 Å². The topological polar surface area (TPSA) is 45.2 Å². The summed E-state index contributed by atoms with van der Waals surface area (Å²) in [5.74, 6) is 0.244. The first-order valence-corrected chi connectivity index (χ1v) is 11.7. The molecule has 4 rings (SSSR count). The predicted molar refractivity (Wildman–Crippen MR) is 123 cm³/mol. The smallest absolute Gasteiger partial charge is 0.220 e. The van der Waals surface area contributed by atoms with Crippen LogP contribution in [0.25, 0.3) is 10.6 Å². The number of carbonyl (C=O) groups is 1. The maximum Gasteiger partial charge on any atom is 0.220 e. The number of halogens is 1. The molecular formula is C25H28FN3OS. The minimum Gasteiger partial charge on any atom is -0.352 e. The average Bonchev–Trinajstić information content (AvgIpc) is 3.26. The fourth-order valence-electron chi connectivity index (χ4n) is 4.10. The summed E-state index contributed by atoms with van der Waals surface area (Å²) in [6.07, 6.45) is 5.68. The van der Waals surface area contributed by atoms with Crippen molar-refractivity contribution in [1.29, 1.82) is 0 Å². The molecule has 1 atom stereocenters. The van der Waals surface area contributed by atoms with Crippen LogP contribution in [-0.2, 0) is 17.9 Å². The first kappa shape index (κ1) is 21.7. The number of rotatable bonds is 8. The molecule has 1 fully saturated rings. The summed E-state index contributed by atoms with van der Waals surface area (Å²) in [7, 11) is 0. The lowest BCUT2D eigenvalue weighted by atomic mass is 9.93. The van der Waals surface area contributed by atoms with Gasteiger partial charge in [0.15, 0.2) is 0 Å². The van der Waals surface area contributed by atoms with Gasteiger partial charge < -0.3 is 5.32 Å². The molecule has 0 saturated carbocycles. The van der Waals surface area contributed by atoms with E-state index in [-0.39, 0.29) is 18.3 Å². The minimum absolute atomic E-state index is 0.00432. The van der Waals surface area contributed by atoms with Crippen molar-refractivity contribution in [2.24, 2.45) is 5.92 Å². The zero-order chi connectivity index (χ0) is 21.5. The second-order valence-corrected chi connectivity index (χ2v) is 9.26. The van der Waals surface area contributed by atoms with Gasteiger partial charge in [-0.2, -0.15) is 0 Å². The van der Waals surface area contributed by atoms with Crippen LogP contribution < -0.4 is 5.32 Å². The molecule has 1 saturated heterocycles. The maximum absolute atomic E-state index is 13.7. The molecule has 4 nitrogen and oxygen atoms in total. The Labute approximate surface area is 187 Å². The van der Waals surface area contributed by atoms with Crippen LogP contribution in [0.4, 0.5) is 4.39 Å². The largest absolute Gasteiger partial charge is 0.352 e. The molecule has 0 radical (unpaired) electrons. The number of nitrogens with one attached hydrogen (secondary N) is 1. The highest BCUT2D eigenvalue weighted by molar-refractivity contribution is 7.15. The van der Waals surface area contributed by atoms with Crippen LogP contribution in [0.3, 0.4) is 0 Å². The molecule has 1 aromatic heterocycles. The first-order chi connectivity index (χ1) is 15.2. The number of hydrogen-bond acceptors (Lipinski definition) is 4. The summed E-state index contributed by atoms with van der Waals surface area (Å²) in [5, 5.41) is 3.92. The van der Waals surface area contributed by atoms with E-state index in [0.717, 1.165) is 49.5 Å². The normalized spacial score (nSPS) is 16.9. The highest BCUT2D eigenvalue weighted by Crippen LogP contribution is 2.28. The van der Waals surface area contributed by atoms with Crippen molar-refractivity contribution in [1.82, 2.24) is 15.2 Å². The lowest BCUT2D eigenvalue weighted by molar-refractivity contribution is -0.121. The Bertz CT molecular complexity index is 991. The van der Waals surface area contributed by atoms with Crippen molar-refractivity contribution in [3.05, 3.63) is 77.1 Å². The minimum atomic E-state index is -0.274. The molecule has 162 valence electrons. The van der Waals surface area contributed by atoms with Gasteiger partial charge in [-0.25, -0.2) is 9.37 Å².